The van der Waals surface area contributed by atoms with Crippen LogP contribution in [0.3, 0.4) is 0 Å². The quantitative estimate of drug-likeness (QED) is 0.582. The Kier molecular flexibility index (Phi) is 5.12. The number of nitrogens with zero attached hydrogens (tertiary/aromatic N) is 4. The fourth-order valence-electron chi connectivity index (χ4n) is 5.62. The van der Waals surface area contributed by atoms with Crippen molar-refractivity contribution in [3.05, 3.63) is 64.3 Å². The van der Waals surface area contributed by atoms with Crippen molar-refractivity contribution in [2.24, 2.45) is 17.8 Å². The van der Waals surface area contributed by atoms with Crippen molar-refractivity contribution >= 4 is 22.4 Å². The monoisotopic (exact) mass is 463 g/mol. The lowest BCUT2D eigenvalue weighted by atomic mass is 9.88. The third-order valence-corrected chi connectivity index (χ3v) is 7.95. The maximum absolute atomic E-state index is 13.4. The van der Waals surface area contributed by atoms with Crippen molar-refractivity contribution in [1.29, 1.82) is 0 Å². The fourth-order valence-corrected chi connectivity index (χ4v) is 6.15. The summed E-state index contributed by atoms with van der Waals surface area (Å²) >= 11 is 1.38. The molecule has 3 aromatic heterocycles. The number of carbonyl (C=O) groups is 1. The third-order valence-electron chi connectivity index (χ3n) is 7.26. The number of likely N-dealkylation sites (tertiary alicyclic amines) is 1. The fraction of sp³-hybridized carbons (Fsp3) is 0.417. The number of pyridine rings is 2. The van der Waals surface area contributed by atoms with Crippen molar-refractivity contribution in [1.82, 2.24) is 19.4 Å². The van der Waals surface area contributed by atoms with Crippen LogP contribution >= 0.6 is 11.3 Å². The van der Waals surface area contributed by atoms with Gasteiger partial charge in [0.2, 0.25) is 5.91 Å². The van der Waals surface area contributed by atoms with Crippen LogP contribution in [0, 0.1) is 17.8 Å². The molecule has 1 saturated carbocycles. The number of carbonyl (C=O) groups excluding carboxylic acids is 1. The van der Waals surface area contributed by atoms with Crippen LogP contribution in [-0.4, -0.2) is 49.6 Å². The number of thiazole rings is 1. The summed E-state index contributed by atoms with van der Waals surface area (Å²) in [6.45, 7) is 1.20. The minimum atomic E-state index is -0.448. The van der Waals surface area contributed by atoms with Crippen LogP contribution in [-0.2, 0) is 11.3 Å². The van der Waals surface area contributed by atoms with Gasteiger partial charge in [0, 0.05) is 72.3 Å². The first-order valence-electron chi connectivity index (χ1n) is 11.4. The summed E-state index contributed by atoms with van der Waals surface area (Å²) in [5.41, 5.74) is 2.31. The van der Waals surface area contributed by atoms with Crippen molar-refractivity contribution in [2.75, 3.05) is 18.5 Å². The molecule has 170 valence electrons. The summed E-state index contributed by atoms with van der Waals surface area (Å²) in [5, 5.41) is 15.7. The molecule has 6 rings (SSSR count). The first-order valence-corrected chi connectivity index (χ1v) is 12.2. The SMILES string of the molecule is O=C(Nc1nccs1)[C@@H]1[C@@H](CO)[C@@H]2Cn3c(ccc(-c4cccnc4)c3=O)[C@@H]2N1CC1CC1. The maximum atomic E-state index is 13.4. The highest BCUT2D eigenvalue weighted by molar-refractivity contribution is 7.13. The van der Waals surface area contributed by atoms with E-state index >= 15 is 0 Å². The van der Waals surface area contributed by atoms with E-state index in [0.29, 0.717) is 23.2 Å². The summed E-state index contributed by atoms with van der Waals surface area (Å²) in [6, 6.07) is 7.10. The molecular formula is C24H25N5O3S. The van der Waals surface area contributed by atoms with Gasteiger partial charge in [-0.25, -0.2) is 4.98 Å². The molecule has 2 aliphatic heterocycles. The van der Waals surface area contributed by atoms with Crippen molar-refractivity contribution in [2.45, 2.75) is 31.5 Å². The largest absolute Gasteiger partial charge is 0.396 e. The molecule has 1 saturated heterocycles. The van der Waals surface area contributed by atoms with Crippen LogP contribution in [0.2, 0.25) is 0 Å². The number of amides is 1. The standard InChI is InChI=1S/C24H25N5O3S/c30-13-18-17-12-28-19(6-5-16(23(28)32)15-2-1-7-25-10-15)20(17)29(11-14-3-4-14)21(18)22(31)27-24-26-8-9-33-24/h1-2,5-10,14,17-18,20-21,30H,3-4,11-13H2,(H,26,27,31)/t17-,18-,20+,21-/m0/s1. The molecule has 8 nitrogen and oxygen atoms in total. The normalized spacial score (nSPS) is 26.2. The average Bonchev–Trinajstić information content (AvgIpc) is 3.22. The highest BCUT2D eigenvalue weighted by Crippen LogP contribution is 2.51. The lowest BCUT2D eigenvalue weighted by Gasteiger charge is -2.30. The molecular weight excluding hydrogens is 438 g/mol. The number of aliphatic hydroxyl groups excluding tert-OH is 1. The lowest BCUT2D eigenvalue weighted by molar-refractivity contribution is -0.122. The Balaban J connectivity index is 1.38. The number of anilines is 1. The second kappa shape index (κ2) is 8.16. The smallest absolute Gasteiger partial charge is 0.258 e. The summed E-state index contributed by atoms with van der Waals surface area (Å²) in [7, 11) is 0. The van der Waals surface area contributed by atoms with Gasteiger partial charge in [0.05, 0.1) is 12.1 Å². The van der Waals surface area contributed by atoms with E-state index in [-0.39, 0.29) is 36.0 Å². The number of aliphatic hydroxyl groups is 1. The molecule has 2 N–H and O–H groups in total. The highest BCUT2D eigenvalue weighted by Gasteiger charge is 2.56. The van der Waals surface area contributed by atoms with E-state index in [4.69, 9.17) is 0 Å². The molecule has 1 aliphatic carbocycles. The molecule has 0 spiro atoms. The zero-order valence-electron chi connectivity index (χ0n) is 18.0. The first kappa shape index (κ1) is 20.7. The molecule has 0 bridgehead atoms. The topological polar surface area (TPSA) is 100 Å². The van der Waals surface area contributed by atoms with E-state index in [2.05, 4.69) is 20.2 Å². The Bertz CT molecular complexity index is 1220. The van der Waals surface area contributed by atoms with Gasteiger partial charge in [-0.2, -0.15) is 0 Å². The van der Waals surface area contributed by atoms with E-state index < -0.39 is 6.04 Å². The Labute approximate surface area is 194 Å². The predicted octanol–water partition coefficient (Wildman–Crippen LogP) is 2.38. The Morgan fingerprint density at radius 3 is 2.82 bits per heavy atom. The van der Waals surface area contributed by atoms with Crippen LogP contribution in [0.4, 0.5) is 5.13 Å². The molecule has 3 aliphatic rings. The molecule has 9 heteroatoms. The van der Waals surface area contributed by atoms with Gasteiger partial charge in [-0.15, -0.1) is 11.3 Å². The molecule has 4 atom stereocenters. The van der Waals surface area contributed by atoms with Crippen molar-refractivity contribution < 1.29 is 9.90 Å². The molecule has 33 heavy (non-hydrogen) atoms. The number of fused-ring (bicyclic) bond motifs is 3. The summed E-state index contributed by atoms with van der Waals surface area (Å²) < 4.78 is 1.84. The molecule has 0 unspecified atom stereocenters. The third kappa shape index (κ3) is 3.51. The average molecular weight is 464 g/mol. The van der Waals surface area contributed by atoms with Crippen molar-refractivity contribution in [3.8, 4) is 11.1 Å². The predicted molar refractivity (Wildman–Crippen MR) is 125 cm³/mol. The zero-order chi connectivity index (χ0) is 22.5. The summed E-state index contributed by atoms with van der Waals surface area (Å²) in [5.74, 6) is 0.182. The second-order valence-electron chi connectivity index (χ2n) is 9.20. The summed E-state index contributed by atoms with van der Waals surface area (Å²) in [6.07, 6.45) is 7.37. The van der Waals surface area contributed by atoms with Crippen LogP contribution in [0.15, 0.2) is 53.0 Å². The number of rotatable bonds is 6. The molecule has 0 aromatic carbocycles. The van der Waals surface area contributed by atoms with Crippen LogP contribution in [0.1, 0.15) is 24.6 Å². The minimum absolute atomic E-state index is 0.00218. The molecule has 0 radical (unpaired) electrons. The molecule has 2 fully saturated rings. The van der Waals surface area contributed by atoms with Gasteiger partial charge in [-0.3, -0.25) is 19.5 Å². The van der Waals surface area contributed by atoms with E-state index in [9.17, 15) is 14.7 Å². The minimum Gasteiger partial charge on any atom is -0.396 e. The van der Waals surface area contributed by atoms with Crippen molar-refractivity contribution in [3.63, 3.8) is 0 Å². The Hall–Kier alpha value is -2.88. The number of hydrogen-bond acceptors (Lipinski definition) is 7. The molecule has 1 amide bonds. The maximum Gasteiger partial charge on any atom is 0.258 e. The van der Waals surface area contributed by atoms with Crippen LogP contribution < -0.4 is 10.9 Å². The Morgan fingerprint density at radius 2 is 2.12 bits per heavy atom. The molecule has 3 aromatic rings. The van der Waals surface area contributed by atoms with E-state index in [1.807, 2.05) is 34.2 Å². The van der Waals surface area contributed by atoms with Gasteiger partial charge in [0.1, 0.15) is 0 Å². The number of nitrogens with one attached hydrogen (secondary N) is 1. The van der Waals surface area contributed by atoms with Gasteiger partial charge in [-0.1, -0.05) is 6.07 Å². The van der Waals surface area contributed by atoms with Crippen LogP contribution in [0.5, 0.6) is 0 Å². The molecule has 5 heterocycles. The second-order valence-corrected chi connectivity index (χ2v) is 10.1. The van der Waals surface area contributed by atoms with Gasteiger partial charge >= 0.3 is 0 Å². The van der Waals surface area contributed by atoms with Gasteiger partial charge in [-0.05, 0) is 37.0 Å². The lowest BCUT2D eigenvalue weighted by Crippen LogP contribution is -2.46. The van der Waals surface area contributed by atoms with Gasteiger partial charge in [0.15, 0.2) is 5.13 Å². The summed E-state index contributed by atoms with van der Waals surface area (Å²) in [4.78, 5) is 37.4. The van der Waals surface area contributed by atoms with Gasteiger partial charge in [0.25, 0.3) is 5.56 Å². The Morgan fingerprint density at radius 1 is 1.24 bits per heavy atom. The first-order chi connectivity index (χ1) is 16.2. The van der Waals surface area contributed by atoms with E-state index in [0.717, 1.165) is 30.6 Å². The highest BCUT2D eigenvalue weighted by atomic mass is 32.1. The zero-order valence-corrected chi connectivity index (χ0v) is 18.8. The van der Waals surface area contributed by atoms with E-state index in [1.165, 1.54) is 11.3 Å². The van der Waals surface area contributed by atoms with Gasteiger partial charge < -0.3 is 15.0 Å². The number of aromatic nitrogens is 3. The van der Waals surface area contributed by atoms with E-state index in [1.54, 1.807) is 18.6 Å². The number of hydrogen-bond donors (Lipinski definition) is 2. The van der Waals surface area contributed by atoms with Crippen LogP contribution in [0.25, 0.3) is 11.1 Å².